The van der Waals surface area contributed by atoms with Crippen LogP contribution in [-0.2, 0) is 11.4 Å². The summed E-state index contributed by atoms with van der Waals surface area (Å²) >= 11 is 1.59. The summed E-state index contributed by atoms with van der Waals surface area (Å²) in [5, 5.41) is 12.0. The molecule has 6 aromatic rings. The van der Waals surface area contributed by atoms with Gasteiger partial charge >= 0.3 is 5.97 Å². The van der Waals surface area contributed by atoms with Crippen LogP contribution in [0.1, 0.15) is 16.5 Å². The highest BCUT2D eigenvalue weighted by Crippen LogP contribution is 2.39. The average molecular weight is 537 g/mol. The van der Waals surface area contributed by atoms with Crippen LogP contribution in [0.5, 0.6) is 11.5 Å². The van der Waals surface area contributed by atoms with E-state index in [1.807, 2.05) is 50.2 Å². The Labute approximate surface area is 228 Å². The summed E-state index contributed by atoms with van der Waals surface area (Å²) in [6.45, 7) is 3.58. The van der Waals surface area contributed by atoms with E-state index in [9.17, 15) is 4.79 Å². The highest BCUT2D eigenvalue weighted by molar-refractivity contribution is 7.15. The number of hydrogen-bond donors (Lipinski definition) is 1. The second kappa shape index (κ2) is 10.2. The van der Waals surface area contributed by atoms with Gasteiger partial charge in [-0.15, -0.1) is 11.3 Å². The Bertz CT molecular complexity index is 1840. The molecule has 2 heterocycles. The molecule has 0 saturated heterocycles. The molecule has 0 aliphatic rings. The molecule has 0 fully saturated rings. The molecule has 0 radical (unpaired) electrons. The molecule has 0 amide bonds. The first kappa shape index (κ1) is 24.6. The minimum absolute atomic E-state index is 0.283. The van der Waals surface area contributed by atoms with Gasteiger partial charge in [0, 0.05) is 12.5 Å². The Kier molecular flexibility index (Phi) is 6.46. The van der Waals surface area contributed by atoms with Crippen LogP contribution >= 0.6 is 11.3 Å². The molecule has 39 heavy (non-hydrogen) atoms. The highest BCUT2D eigenvalue weighted by atomic mass is 32.1. The normalized spacial score (nSPS) is 11.2. The maximum atomic E-state index is 10.8. The van der Waals surface area contributed by atoms with Crippen molar-refractivity contribution in [3.8, 4) is 33.2 Å². The number of carboxylic acid groups (broad SMARTS) is 1. The molecule has 0 aliphatic carbocycles. The first-order valence-electron chi connectivity index (χ1n) is 12.4. The zero-order valence-corrected chi connectivity index (χ0v) is 22.1. The fourth-order valence-corrected chi connectivity index (χ4v) is 5.49. The number of thiazole rings is 1. The Morgan fingerprint density at radius 3 is 2.54 bits per heavy atom. The molecule has 0 unspecified atom stereocenters. The average Bonchev–Trinajstić information content (AvgIpc) is 3.53. The summed E-state index contributed by atoms with van der Waals surface area (Å²) in [6, 6.07) is 26.0. The van der Waals surface area contributed by atoms with Gasteiger partial charge in [0.1, 0.15) is 28.6 Å². The number of aromatic nitrogens is 2. The van der Waals surface area contributed by atoms with Gasteiger partial charge in [-0.2, -0.15) is 0 Å². The van der Waals surface area contributed by atoms with E-state index in [4.69, 9.17) is 24.0 Å². The van der Waals surface area contributed by atoms with Crippen molar-refractivity contribution in [1.29, 1.82) is 0 Å². The monoisotopic (exact) mass is 536 g/mol. The molecular formula is C31H24N2O5S. The minimum Gasteiger partial charge on any atom is -0.486 e. The number of aliphatic carboxylic acids is 1. The minimum atomic E-state index is -1.02. The van der Waals surface area contributed by atoms with E-state index in [2.05, 4.69) is 35.3 Å². The third kappa shape index (κ3) is 5.19. The van der Waals surface area contributed by atoms with E-state index in [1.165, 1.54) is 5.39 Å². The van der Waals surface area contributed by atoms with Crippen LogP contribution in [0.25, 0.3) is 43.6 Å². The lowest BCUT2D eigenvalue weighted by Gasteiger charge is -2.09. The Morgan fingerprint density at radius 2 is 1.72 bits per heavy atom. The van der Waals surface area contributed by atoms with Crippen LogP contribution in [0.3, 0.4) is 0 Å². The number of hydrogen-bond acceptors (Lipinski definition) is 7. The van der Waals surface area contributed by atoms with E-state index in [-0.39, 0.29) is 13.2 Å². The van der Waals surface area contributed by atoms with E-state index in [0.717, 1.165) is 48.8 Å². The van der Waals surface area contributed by atoms with Crippen LogP contribution in [0.4, 0.5) is 0 Å². The maximum Gasteiger partial charge on any atom is 0.341 e. The second-order valence-corrected chi connectivity index (χ2v) is 10.2. The van der Waals surface area contributed by atoms with E-state index in [1.54, 1.807) is 23.5 Å². The molecule has 4 aromatic carbocycles. The number of carboxylic acids is 1. The maximum absolute atomic E-state index is 10.8. The predicted octanol–water partition coefficient (Wildman–Crippen LogP) is 7.43. The number of fused-ring (bicyclic) bond motifs is 2. The van der Waals surface area contributed by atoms with Crippen molar-refractivity contribution in [2.24, 2.45) is 0 Å². The summed E-state index contributed by atoms with van der Waals surface area (Å²) in [6.07, 6.45) is 0. The van der Waals surface area contributed by atoms with Crippen molar-refractivity contribution in [3.63, 3.8) is 0 Å². The number of rotatable bonds is 8. The van der Waals surface area contributed by atoms with Crippen LogP contribution < -0.4 is 9.47 Å². The van der Waals surface area contributed by atoms with Crippen molar-refractivity contribution in [1.82, 2.24) is 9.97 Å². The largest absolute Gasteiger partial charge is 0.486 e. The SMILES string of the molecule is Cc1nc2cc(-c3nc(COc4ccc(OCC(=O)O)c(C)c4)sc3-c3ccc4ccccc4c3)ccc2o1. The Balaban J connectivity index is 1.34. The summed E-state index contributed by atoms with van der Waals surface area (Å²) in [4.78, 5) is 21.4. The lowest BCUT2D eigenvalue weighted by Crippen LogP contribution is -2.10. The third-order valence-electron chi connectivity index (χ3n) is 6.31. The Morgan fingerprint density at radius 1 is 0.897 bits per heavy atom. The highest BCUT2D eigenvalue weighted by Gasteiger charge is 2.18. The van der Waals surface area contributed by atoms with Gasteiger partial charge in [-0.1, -0.05) is 36.4 Å². The number of ether oxygens (including phenoxy) is 2. The standard InChI is InChI=1S/C31H24N2O5S/c1-18-13-24(10-12-26(18)37-17-29(34)35)36-16-28-33-30(22-9-11-27-25(15-22)32-19(2)38-27)31(39-28)23-8-7-20-5-3-4-6-21(20)14-23/h3-15H,16-17H2,1-2H3,(H,34,35). The van der Waals surface area contributed by atoms with Gasteiger partial charge < -0.3 is 19.0 Å². The Hall–Kier alpha value is -4.69. The molecule has 0 aliphatic heterocycles. The van der Waals surface area contributed by atoms with Gasteiger partial charge in [0.15, 0.2) is 18.1 Å². The molecule has 0 spiro atoms. The lowest BCUT2D eigenvalue weighted by molar-refractivity contribution is -0.139. The van der Waals surface area contributed by atoms with Crippen molar-refractivity contribution in [2.45, 2.75) is 20.5 Å². The summed E-state index contributed by atoms with van der Waals surface area (Å²) in [5.74, 6) is 0.769. The van der Waals surface area contributed by atoms with Crippen molar-refractivity contribution in [2.75, 3.05) is 6.61 Å². The number of oxazole rings is 1. The summed E-state index contributed by atoms with van der Waals surface area (Å²) in [7, 11) is 0. The summed E-state index contributed by atoms with van der Waals surface area (Å²) < 4.78 is 17.1. The molecule has 8 heteroatoms. The molecule has 0 saturated carbocycles. The third-order valence-corrected chi connectivity index (χ3v) is 7.39. The van der Waals surface area contributed by atoms with Crippen LogP contribution in [0.2, 0.25) is 0 Å². The van der Waals surface area contributed by atoms with Gasteiger partial charge in [0.25, 0.3) is 0 Å². The summed E-state index contributed by atoms with van der Waals surface area (Å²) in [5.41, 5.74) is 5.23. The van der Waals surface area contributed by atoms with E-state index >= 15 is 0 Å². The molecular weight excluding hydrogens is 512 g/mol. The molecule has 6 rings (SSSR count). The number of aryl methyl sites for hydroxylation is 2. The molecule has 194 valence electrons. The quantitative estimate of drug-likeness (QED) is 0.216. The molecule has 7 nitrogen and oxygen atoms in total. The van der Waals surface area contributed by atoms with Gasteiger partial charge in [0.05, 0.1) is 10.6 Å². The number of nitrogens with zero attached hydrogens (tertiary/aromatic N) is 2. The van der Waals surface area contributed by atoms with Crippen molar-refractivity contribution in [3.05, 3.63) is 95.3 Å². The molecule has 2 aromatic heterocycles. The van der Waals surface area contributed by atoms with Crippen molar-refractivity contribution < 1.29 is 23.8 Å². The topological polar surface area (TPSA) is 94.7 Å². The van der Waals surface area contributed by atoms with Gasteiger partial charge in [-0.3, -0.25) is 0 Å². The lowest BCUT2D eigenvalue weighted by atomic mass is 10.0. The van der Waals surface area contributed by atoms with E-state index in [0.29, 0.717) is 17.4 Å². The first-order valence-corrected chi connectivity index (χ1v) is 13.2. The van der Waals surface area contributed by atoms with Crippen LogP contribution in [0, 0.1) is 13.8 Å². The number of carbonyl (C=O) groups is 1. The predicted molar refractivity (Wildman–Crippen MR) is 151 cm³/mol. The van der Waals surface area contributed by atoms with Crippen LogP contribution in [0.15, 0.2) is 83.3 Å². The fraction of sp³-hybridized carbons (Fsp3) is 0.129. The molecule has 0 bridgehead atoms. The van der Waals surface area contributed by atoms with Crippen molar-refractivity contribution >= 4 is 39.2 Å². The van der Waals surface area contributed by atoms with Gasteiger partial charge in [-0.05, 0) is 71.3 Å². The second-order valence-electron chi connectivity index (χ2n) is 9.16. The number of benzene rings is 4. The molecule has 1 N–H and O–H groups in total. The van der Waals surface area contributed by atoms with E-state index < -0.39 is 5.97 Å². The fourth-order valence-electron chi connectivity index (χ4n) is 4.50. The van der Waals surface area contributed by atoms with Gasteiger partial charge in [0.2, 0.25) is 0 Å². The van der Waals surface area contributed by atoms with Gasteiger partial charge in [-0.25, -0.2) is 14.8 Å². The zero-order chi connectivity index (χ0) is 26.9. The smallest absolute Gasteiger partial charge is 0.341 e. The molecule has 0 atom stereocenters. The van der Waals surface area contributed by atoms with Crippen LogP contribution in [-0.4, -0.2) is 27.7 Å². The zero-order valence-electron chi connectivity index (χ0n) is 21.3. The first-order chi connectivity index (χ1) is 18.9.